The van der Waals surface area contributed by atoms with Crippen molar-refractivity contribution in [2.75, 3.05) is 13.2 Å². The van der Waals surface area contributed by atoms with Crippen molar-refractivity contribution in [1.82, 2.24) is 9.88 Å². The lowest BCUT2D eigenvalue weighted by atomic mass is 9.88. The molecule has 1 aliphatic heterocycles. The molecule has 2 heterocycles. The van der Waals surface area contributed by atoms with Crippen LogP contribution >= 0.6 is 0 Å². The summed E-state index contributed by atoms with van der Waals surface area (Å²) in [7, 11) is 0. The van der Waals surface area contributed by atoms with E-state index in [2.05, 4.69) is 17.2 Å². The van der Waals surface area contributed by atoms with Gasteiger partial charge in [0.05, 0.1) is 31.2 Å². The monoisotopic (exact) mass is 690 g/mol. The third-order valence-corrected chi connectivity index (χ3v) is 8.32. The summed E-state index contributed by atoms with van der Waals surface area (Å²) < 4.78 is 94.5. The number of nitrogens with one attached hydrogen (secondary N) is 1. The Bertz CT molecular complexity index is 1860. The van der Waals surface area contributed by atoms with E-state index < -0.39 is 70.7 Å². The first-order chi connectivity index (χ1) is 22.9. The number of benzene rings is 2. The van der Waals surface area contributed by atoms with Gasteiger partial charge in [-0.1, -0.05) is 19.8 Å². The zero-order valence-electron chi connectivity index (χ0n) is 27.5. The van der Waals surface area contributed by atoms with E-state index in [0.717, 1.165) is 29.0 Å². The number of carboxylic acids is 1. The molecule has 7 nitrogen and oxygen atoms in total. The van der Waals surface area contributed by atoms with Crippen LogP contribution in [-0.4, -0.2) is 34.8 Å². The first kappa shape index (κ1) is 37.3. The van der Waals surface area contributed by atoms with Gasteiger partial charge in [0.1, 0.15) is 23.5 Å². The van der Waals surface area contributed by atoms with Crippen molar-refractivity contribution < 1.29 is 45.8 Å². The second kappa shape index (κ2) is 14.9. The molecule has 1 amide bonds. The Kier molecular flexibility index (Phi) is 11.3. The molecule has 262 valence electrons. The quantitative estimate of drug-likeness (QED) is 0.166. The molecule has 1 aliphatic rings. The largest absolute Gasteiger partial charge is 0.481 e. The highest BCUT2D eigenvalue weighted by Gasteiger charge is 2.37. The number of carbonyl (C=O) groups is 2. The van der Waals surface area contributed by atoms with Gasteiger partial charge >= 0.3 is 12.1 Å². The van der Waals surface area contributed by atoms with Crippen LogP contribution in [-0.2, 0) is 26.9 Å². The molecular formula is C36H36F6N2O5. The number of pyridine rings is 1. The van der Waals surface area contributed by atoms with Crippen LogP contribution in [0, 0.1) is 55.0 Å². The molecule has 13 heteroatoms. The summed E-state index contributed by atoms with van der Waals surface area (Å²) in [4.78, 5) is 39.1. The Hall–Kier alpha value is -4.57. The number of aromatic nitrogens is 1. The van der Waals surface area contributed by atoms with Gasteiger partial charge in [0, 0.05) is 34.9 Å². The maximum Gasteiger partial charge on any atom is 0.416 e. The SMILES string of the molecule is CC#Cc1cc(F)c(C(CC(=O)O)NC(=O)C(CC(C)C)n2cc(CC3COC3)c(C(F)(F)F)cc2=O)c(F)c1-c1c(C)cc(F)cc1C. The summed E-state index contributed by atoms with van der Waals surface area (Å²) >= 11 is 0. The number of aliphatic carboxylic acids is 1. The van der Waals surface area contributed by atoms with E-state index in [-0.39, 0.29) is 71.3 Å². The second-order valence-corrected chi connectivity index (χ2v) is 12.7. The molecule has 2 atom stereocenters. The van der Waals surface area contributed by atoms with Crippen LogP contribution in [0.25, 0.3) is 11.1 Å². The fourth-order valence-electron chi connectivity index (χ4n) is 6.17. The van der Waals surface area contributed by atoms with E-state index in [1.165, 1.54) is 20.8 Å². The van der Waals surface area contributed by atoms with Crippen molar-refractivity contribution in [2.45, 2.75) is 72.1 Å². The third-order valence-electron chi connectivity index (χ3n) is 8.32. The summed E-state index contributed by atoms with van der Waals surface area (Å²) in [5.74, 6) is -0.962. The van der Waals surface area contributed by atoms with E-state index in [1.807, 2.05) is 0 Å². The smallest absolute Gasteiger partial charge is 0.416 e. The minimum Gasteiger partial charge on any atom is -0.481 e. The lowest BCUT2D eigenvalue weighted by Crippen LogP contribution is -2.41. The van der Waals surface area contributed by atoms with Gasteiger partial charge < -0.3 is 19.7 Å². The van der Waals surface area contributed by atoms with E-state index >= 15 is 8.78 Å². The van der Waals surface area contributed by atoms with E-state index in [0.29, 0.717) is 6.07 Å². The molecular weight excluding hydrogens is 654 g/mol. The number of carbonyl (C=O) groups excluding carboxylic acids is 1. The van der Waals surface area contributed by atoms with Gasteiger partial charge in [0.15, 0.2) is 0 Å². The average molecular weight is 691 g/mol. The van der Waals surface area contributed by atoms with Crippen LogP contribution in [0.5, 0.6) is 0 Å². The van der Waals surface area contributed by atoms with E-state index in [1.54, 1.807) is 13.8 Å². The molecule has 1 fully saturated rings. The van der Waals surface area contributed by atoms with Crippen LogP contribution in [0.4, 0.5) is 26.3 Å². The molecule has 3 aromatic rings. The van der Waals surface area contributed by atoms with Crippen molar-refractivity contribution in [3.63, 3.8) is 0 Å². The zero-order valence-corrected chi connectivity index (χ0v) is 27.5. The Morgan fingerprint density at radius 2 is 1.69 bits per heavy atom. The Morgan fingerprint density at radius 1 is 1.06 bits per heavy atom. The maximum absolute atomic E-state index is 16.7. The summed E-state index contributed by atoms with van der Waals surface area (Å²) in [6.07, 6.45) is -5.05. The van der Waals surface area contributed by atoms with E-state index in [9.17, 15) is 37.1 Å². The van der Waals surface area contributed by atoms with Crippen LogP contribution in [0.2, 0.25) is 0 Å². The number of alkyl halides is 3. The first-order valence-corrected chi connectivity index (χ1v) is 15.6. The summed E-state index contributed by atoms with van der Waals surface area (Å²) in [5, 5.41) is 12.1. The molecule has 49 heavy (non-hydrogen) atoms. The molecule has 4 rings (SSSR count). The Balaban J connectivity index is 1.87. The van der Waals surface area contributed by atoms with Gasteiger partial charge in [-0.25, -0.2) is 13.2 Å². The van der Waals surface area contributed by atoms with Gasteiger partial charge in [0.2, 0.25) is 5.91 Å². The number of hydrogen-bond acceptors (Lipinski definition) is 4. The Labute approximate surface area is 279 Å². The minimum atomic E-state index is -4.86. The number of rotatable bonds is 11. The number of aryl methyl sites for hydroxylation is 2. The highest BCUT2D eigenvalue weighted by Crippen LogP contribution is 2.39. The standard InChI is InChI=1S/C36H36F6N2O5/c1-6-7-22-12-26(38)33(34(39)32(22)31-19(4)9-24(37)10-20(31)5)27(14-30(46)47)43-35(48)28(8-18(2)3)44-15-23(11-21-16-49-17-21)25(13-29(44)45)36(40,41)42/h9-10,12-13,15,18,21,27-28H,8,11,14,16-17H2,1-5H3,(H,43,48)(H,46,47). The second-order valence-electron chi connectivity index (χ2n) is 12.7. The fraction of sp³-hybridized carbons (Fsp3) is 0.417. The van der Waals surface area contributed by atoms with E-state index in [4.69, 9.17) is 4.74 Å². The fourth-order valence-corrected chi connectivity index (χ4v) is 6.17. The van der Waals surface area contributed by atoms with Crippen molar-refractivity contribution in [3.8, 4) is 23.0 Å². The van der Waals surface area contributed by atoms with Crippen LogP contribution < -0.4 is 10.9 Å². The zero-order chi connectivity index (χ0) is 36.4. The number of carboxylic acid groups (broad SMARTS) is 1. The van der Waals surface area contributed by atoms with Crippen LogP contribution in [0.15, 0.2) is 35.3 Å². The molecule has 1 saturated heterocycles. The minimum absolute atomic E-state index is 0.0821. The van der Waals surface area contributed by atoms with Crippen molar-refractivity contribution in [1.29, 1.82) is 0 Å². The molecule has 0 saturated carbocycles. The number of amides is 1. The topological polar surface area (TPSA) is 97.6 Å². The van der Waals surface area contributed by atoms with Gasteiger partial charge in [-0.15, -0.1) is 5.92 Å². The molecule has 0 bridgehead atoms. The van der Waals surface area contributed by atoms with Crippen LogP contribution in [0.3, 0.4) is 0 Å². The molecule has 2 aromatic carbocycles. The lowest BCUT2D eigenvalue weighted by molar-refractivity contribution is -0.139. The normalized spacial score (nSPS) is 14.5. The molecule has 0 aliphatic carbocycles. The highest BCUT2D eigenvalue weighted by atomic mass is 19.4. The summed E-state index contributed by atoms with van der Waals surface area (Å²) in [6, 6.07) is 0.302. The van der Waals surface area contributed by atoms with Crippen molar-refractivity contribution >= 4 is 11.9 Å². The maximum atomic E-state index is 16.7. The predicted molar refractivity (Wildman–Crippen MR) is 169 cm³/mol. The molecule has 0 radical (unpaired) electrons. The molecule has 0 spiro atoms. The molecule has 2 unspecified atom stereocenters. The summed E-state index contributed by atoms with van der Waals surface area (Å²) in [6.45, 7) is 8.31. The third kappa shape index (κ3) is 8.36. The molecule has 2 N–H and O–H groups in total. The number of halogens is 6. The summed E-state index contributed by atoms with van der Waals surface area (Å²) in [5.41, 5.74) is -2.90. The average Bonchev–Trinajstić information content (AvgIpc) is 2.94. The van der Waals surface area contributed by atoms with Crippen molar-refractivity contribution in [2.24, 2.45) is 11.8 Å². The number of nitrogens with zero attached hydrogens (tertiary/aromatic N) is 1. The van der Waals surface area contributed by atoms with Gasteiger partial charge in [0.25, 0.3) is 5.56 Å². The van der Waals surface area contributed by atoms with Gasteiger partial charge in [-0.3, -0.25) is 14.4 Å². The number of hydrogen-bond donors (Lipinski definition) is 2. The first-order valence-electron chi connectivity index (χ1n) is 15.6. The highest BCUT2D eigenvalue weighted by molar-refractivity contribution is 5.83. The Morgan fingerprint density at radius 3 is 2.20 bits per heavy atom. The molecule has 1 aromatic heterocycles. The van der Waals surface area contributed by atoms with Crippen LogP contribution in [0.1, 0.15) is 79.1 Å². The number of ether oxygens (including phenoxy) is 1. The predicted octanol–water partition coefficient (Wildman–Crippen LogP) is 7.05. The van der Waals surface area contributed by atoms with Crippen molar-refractivity contribution in [3.05, 3.63) is 91.6 Å². The van der Waals surface area contributed by atoms with Gasteiger partial charge in [-0.2, -0.15) is 13.2 Å². The van der Waals surface area contributed by atoms with Gasteiger partial charge in [-0.05, 0) is 80.0 Å². The lowest BCUT2D eigenvalue weighted by Gasteiger charge is -2.29.